The fraction of sp³-hybridized carbons (Fsp3) is 0.412. The minimum atomic E-state index is -0.466. The summed E-state index contributed by atoms with van der Waals surface area (Å²) in [5.41, 5.74) is 0.614. The number of nitrogens with zero attached hydrogens (tertiary/aromatic N) is 5. The lowest BCUT2D eigenvalue weighted by Gasteiger charge is -2.37. The van der Waals surface area contributed by atoms with E-state index in [-0.39, 0.29) is 17.7 Å². The summed E-state index contributed by atoms with van der Waals surface area (Å²) in [6, 6.07) is 3.27. The van der Waals surface area contributed by atoms with Crippen molar-refractivity contribution in [1.29, 1.82) is 0 Å². The number of rotatable bonds is 2. The van der Waals surface area contributed by atoms with Crippen molar-refractivity contribution < 1.29 is 14.0 Å². The van der Waals surface area contributed by atoms with Crippen LogP contribution in [0.25, 0.3) is 0 Å². The quantitative estimate of drug-likeness (QED) is 0.822. The lowest BCUT2D eigenvalue weighted by atomic mass is 10.0. The van der Waals surface area contributed by atoms with Crippen LogP contribution in [0.2, 0.25) is 0 Å². The number of carbonyl (C=O) groups is 2. The topological polar surface area (TPSA) is 71.3 Å². The second-order valence-corrected chi connectivity index (χ2v) is 6.29. The highest BCUT2D eigenvalue weighted by molar-refractivity contribution is 5.97. The van der Waals surface area contributed by atoms with Gasteiger partial charge in [-0.1, -0.05) is 0 Å². The van der Waals surface area contributed by atoms with E-state index in [1.807, 2.05) is 15.9 Å². The molecule has 1 unspecified atom stereocenters. The Kier molecular flexibility index (Phi) is 3.95. The number of halogens is 1. The molecule has 1 amide bonds. The average Bonchev–Trinajstić information content (AvgIpc) is 3.13. The first kappa shape index (κ1) is 15.7. The Morgan fingerprint density at radius 2 is 1.88 bits per heavy atom. The van der Waals surface area contributed by atoms with Crippen LogP contribution in [-0.2, 0) is 4.79 Å². The molecule has 0 radical (unpaired) electrons. The number of piperazine rings is 1. The summed E-state index contributed by atoms with van der Waals surface area (Å²) in [7, 11) is 0. The molecule has 2 aliphatic rings. The molecule has 1 fully saturated rings. The van der Waals surface area contributed by atoms with Crippen LogP contribution in [-0.4, -0.2) is 57.3 Å². The molecule has 0 saturated carbocycles. The van der Waals surface area contributed by atoms with E-state index in [4.69, 9.17) is 0 Å². The molecule has 25 heavy (non-hydrogen) atoms. The number of hydrogen-bond donors (Lipinski definition) is 0. The number of aromatic nitrogens is 3. The summed E-state index contributed by atoms with van der Waals surface area (Å²) >= 11 is 0. The molecule has 2 aliphatic heterocycles. The van der Waals surface area contributed by atoms with Crippen molar-refractivity contribution >= 4 is 17.6 Å². The molecule has 0 aromatic carbocycles. The zero-order valence-electron chi connectivity index (χ0n) is 13.6. The van der Waals surface area contributed by atoms with Crippen LogP contribution in [0.1, 0.15) is 29.4 Å². The van der Waals surface area contributed by atoms with E-state index in [1.54, 1.807) is 16.8 Å². The third-order valence-corrected chi connectivity index (χ3v) is 4.81. The van der Waals surface area contributed by atoms with E-state index in [0.29, 0.717) is 50.7 Å². The van der Waals surface area contributed by atoms with Crippen LogP contribution in [0.15, 0.2) is 30.7 Å². The Hall–Kier alpha value is -2.77. The largest absolute Gasteiger partial charge is 0.337 e. The van der Waals surface area contributed by atoms with Gasteiger partial charge in [0.05, 0.1) is 18.1 Å². The summed E-state index contributed by atoms with van der Waals surface area (Å²) in [6.45, 7) is 2.31. The number of fused-ring (bicyclic) bond motifs is 1. The smallest absolute Gasteiger partial charge is 0.245 e. The van der Waals surface area contributed by atoms with E-state index in [2.05, 4.69) is 9.97 Å². The molecule has 4 heterocycles. The second-order valence-electron chi connectivity index (χ2n) is 6.29. The molecule has 2 aromatic rings. The van der Waals surface area contributed by atoms with Crippen molar-refractivity contribution in [3.8, 4) is 0 Å². The molecule has 1 saturated heterocycles. The SMILES string of the molecule is O=C1CCC(C(=O)N2CCN(c3ncc(F)cn3)CC2)n2cccc21. The van der Waals surface area contributed by atoms with Crippen molar-refractivity contribution in [3.05, 3.63) is 42.2 Å². The van der Waals surface area contributed by atoms with Crippen molar-refractivity contribution in [2.75, 3.05) is 31.1 Å². The Bertz CT molecular complexity index is 796. The van der Waals surface area contributed by atoms with Gasteiger partial charge in [0.1, 0.15) is 6.04 Å². The maximum absolute atomic E-state index is 12.9. The molecule has 0 N–H and O–H groups in total. The van der Waals surface area contributed by atoms with Crippen molar-refractivity contribution in [1.82, 2.24) is 19.4 Å². The molecular weight excluding hydrogens is 325 g/mol. The molecule has 8 heteroatoms. The van der Waals surface area contributed by atoms with E-state index in [9.17, 15) is 14.0 Å². The fourth-order valence-corrected chi connectivity index (χ4v) is 3.49. The highest BCUT2D eigenvalue weighted by Crippen LogP contribution is 2.27. The van der Waals surface area contributed by atoms with Crippen molar-refractivity contribution in [2.45, 2.75) is 18.9 Å². The molecule has 7 nitrogen and oxygen atoms in total. The number of carbonyl (C=O) groups excluding carboxylic acids is 2. The van der Waals surface area contributed by atoms with Gasteiger partial charge in [0.2, 0.25) is 11.9 Å². The highest BCUT2D eigenvalue weighted by atomic mass is 19.1. The number of Topliss-reactive ketones (excluding diaryl/α,β-unsaturated/α-hetero) is 1. The summed E-state index contributed by atoms with van der Waals surface area (Å²) in [5.74, 6) is 0.147. The van der Waals surface area contributed by atoms with Gasteiger partial charge in [0.25, 0.3) is 0 Å². The maximum Gasteiger partial charge on any atom is 0.245 e. The van der Waals surface area contributed by atoms with Crippen LogP contribution in [0.5, 0.6) is 0 Å². The monoisotopic (exact) mass is 343 g/mol. The van der Waals surface area contributed by atoms with Crippen LogP contribution in [0, 0.1) is 5.82 Å². The predicted octanol–water partition coefficient (Wildman–Crippen LogP) is 1.28. The third kappa shape index (κ3) is 2.88. The lowest BCUT2D eigenvalue weighted by Crippen LogP contribution is -2.51. The molecule has 4 rings (SSSR count). The molecule has 130 valence electrons. The van der Waals surface area contributed by atoms with Crippen molar-refractivity contribution in [2.24, 2.45) is 0 Å². The number of hydrogen-bond acceptors (Lipinski definition) is 5. The second kappa shape index (κ2) is 6.27. The summed E-state index contributed by atoms with van der Waals surface area (Å²) in [4.78, 5) is 36.6. The minimum absolute atomic E-state index is 0.0459. The fourth-order valence-electron chi connectivity index (χ4n) is 3.49. The zero-order valence-corrected chi connectivity index (χ0v) is 13.6. The summed E-state index contributed by atoms with van der Waals surface area (Å²) in [5, 5.41) is 0. The third-order valence-electron chi connectivity index (χ3n) is 4.81. The Morgan fingerprint density at radius 3 is 2.60 bits per heavy atom. The van der Waals surface area contributed by atoms with E-state index < -0.39 is 5.82 Å². The number of amides is 1. The number of anilines is 1. The van der Waals surface area contributed by atoms with Gasteiger partial charge in [-0.3, -0.25) is 9.59 Å². The summed E-state index contributed by atoms with van der Waals surface area (Å²) < 4.78 is 14.7. The molecule has 0 spiro atoms. The zero-order chi connectivity index (χ0) is 17.4. The van der Waals surface area contributed by atoms with Gasteiger partial charge in [-0.15, -0.1) is 0 Å². The first-order chi connectivity index (χ1) is 12.1. The molecule has 2 aromatic heterocycles. The van der Waals surface area contributed by atoms with Gasteiger partial charge in [0, 0.05) is 38.8 Å². The maximum atomic E-state index is 12.9. The van der Waals surface area contributed by atoms with Gasteiger partial charge in [0.15, 0.2) is 11.6 Å². The number of ketones is 1. The molecular formula is C17H18FN5O2. The van der Waals surface area contributed by atoms with Gasteiger partial charge in [-0.05, 0) is 18.6 Å². The van der Waals surface area contributed by atoms with Crippen LogP contribution >= 0.6 is 0 Å². The van der Waals surface area contributed by atoms with E-state index in [1.165, 1.54) is 0 Å². The molecule has 1 atom stereocenters. The van der Waals surface area contributed by atoms with Crippen molar-refractivity contribution in [3.63, 3.8) is 0 Å². The van der Waals surface area contributed by atoms with Gasteiger partial charge in [-0.2, -0.15) is 0 Å². The Morgan fingerprint density at radius 1 is 1.16 bits per heavy atom. The van der Waals surface area contributed by atoms with Gasteiger partial charge >= 0.3 is 0 Å². The van der Waals surface area contributed by atoms with E-state index >= 15 is 0 Å². The van der Waals surface area contributed by atoms with Crippen LogP contribution in [0.3, 0.4) is 0 Å². The average molecular weight is 343 g/mol. The molecule has 0 aliphatic carbocycles. The Labute approximate surface area is 144 Å². The normalized spacial score (nSPS) is 20.5. The van der Waals surface area contributed by atoms with E-state index in [0.717, 1.165) is 12.4 Å². The van der Waals surface area contributed by atoms with Gasteiger partial charge < -0.3 is 14.4 Å². The lowest BCUT2D eigenvalue weighted by molar-refractivity contribution is -0.135. The first-order valence-electron chi connectivity index (χ1n) is 8.35. The molecule has 0 bridgehead atoms. The first-order valence-corrected chi connectivity index (χ1v) is 8.35. The highest BCUT2D eigenvalue weighted by Gasteiger charge is 2.33. The van der Waals surface area contributed by atoms with Gasteiger partial charge in [-0.25, -0.2) is 14.4 Å². The summed E-state index contributed by atoms with van der Waals surface area (Å²) in [6.07, 6.45) is 5.04. The minimum Gasteiger partial charge on any atom is -0.337 e. The van der Waals surface area contributed by atoms with Crippen LogP contribution in [0.4, 0.5) is 10.3 Å². The Balaban J connectivity index is 1.43. The standard InChI is InChI=1S/C17H18FN5O2/c18-12-10-19-17(20-11-12)22-8-6-21(7-9-22)16(25)14-3-4-15(24)13-2-1-5-23(13)14/h1-2,5,10-11,14H,3-4,6-9H2. The van der Waals surface area contributed by atoms with Crippen LogP contribution < -0.4 is 4.90 Å². The predicted molar refractivity (Wildman–Crippen MR) is 87.8 cm³/mol.